The Hall–Kier alpha value is -2.95. The van der Waals surface area contributed by atoms with Crippen LogP contribution in [0.1, 0.15) is 30.9 Å². The highest BCUT2D eigenvalue weighted by molar-refractivity contribution is 5.84. The van der Waals surface area contributed by atoms with Gasteiger partial charge in [0.15, 0.2) is 5.82 Å². The number of fused-ring (bicyclic) bond motifs is 3. The maximum absolute atomic E-state index is 4.74. The summed E-state index contributed by atoms with van der Waals surface area (Å²) in [6.45, 7) is 6.45. The lowest BCUT2D eigenvalue weighted by Crippen LogP contribution is -2.00. The lowest BCUT2D eigenvalue weighted by Gasteiger charge is -2.11. The van der Waals surface area contributed by atoms with E-state index in [9.17, 15) is 0 Å². The molecule has 2 aromatic carbocycles. The van der Waals surface area contributed by atoms with Crippen molar-refractivity contribution in [2.45, 2.75) is 26.7 Å². The zero-order valence-electron chi connectivity index (χ0n) is 14.0. The summed E-state index contributed by atoms with van der Waals surface area (Å²) in [5.41, 5.74) is 6.13. The van der Waals surface area contributed by atoms with Gasteiger partial charge in [0.05, 0.1) is 11.0 Å². The molecule has 120 valence electrons. The van der Waals surface area contributed by atoms with Crippen molar-refractivity contribution < 1.29 is 0 Å². The molecule has 5 nitrogen and oxygen atoms in total. The highest BCUT2D eigenvalue weighted by Gasteiger charge is 2.11. The quantitative estimate of drug-likeness (QED) is 0.606. The van der Waals surface area contributed by atoms with Crippen molar-refractivity contribution in [2.24, 2.45) is 0 Å². The Morgan fingerprint density at radius 3 is 2.58 bits per heavy atom. The summed E-state index contributed by atoms with van der Waals surface area (Å²) < 4.78 is 1.97. The van der Waals surface area contributed by atoms with E-state index in [-0.39, 0.29) is 0 Å². The monoisotopic (exact) mass is 317 g/mol. The topological polar surface area (TPSA) is 55.1 Å². The zero-order valence-corrected chi connectivity index (χ0v) is 14.0. The SMILES string of the molecule is Cc1ccc2nc(Nc3ccc(C(C)C)cc3)c3nncn3c2c1. The maximum atomic E-state index is 4.74. The van der Waals surface area contributed by atoms with E-state index < -0.39 is 0 Å². The van der Waals surface area contributed by atoms with E-state index in [0.717, 1.165) is 22.4 Å². The minimum absolute atomic E-state index is 0.518. The van der Waals surface area contributed by atoms with Gasteiger partial charge in [-0.05, 0) is 48.2 Å². The summed E-state index contributed by atoms with van der Waals surface area (Å²) in [6, 6.07) is 14.6. The van der Waals surface area contributed by atoms with Crippen LogP contribution in [0, 0.1) is 6.92 Å². The molecule has 0 unspecified atom stereocenters. The van der Waals surface area contributed by atoms with Gasteiger partial charge in [0.2, 0.25) is 5.65 Å². The van der Waals surface area contributed by atoms with Crippen LogP contribution in [0.3, 0.4) is 0 Å². The number of nitrogens with zero attached hydrogens (tertiary/aromatic N) is 4. The highest BCUT2D eigenvalue weighted by atomic mass is 15.3. The molecule has 4 aromatic rings. The van der Waals surface area contributed by atoms with Gasteiger partial charge in [-0.2, -0.15) is 0 Å². The van der Waals surface area contributed by atoms with Crippen LogP contribution < -0.4 is 5.32 Å². The molecule has 0 amide bonds. The Bertz CT molecular complexity index is 1020. The van der Waals surface area contributed by atoms with Crippen LogP contribution in [0.25, 0.3) is 16.7 Å². The Morgan fingerprint density at radius 1 is 1.04 bits per heavy atom. The van der Waals surface area contributed by atoms with Crippen molar-refractivity contribution in [3.8, 4) is 0 Å². The number of hydrogen-bond acceptors (Lipinski definition) is 4. The largest absolute Gasteiger partial charge is 0.337 e. The molecule has 0 atom stereocenters. The van der Waals surface area contributed by atoms with E-state index in [1.807, 2.05) is 10.5 Å². The summed E-state index contributed by atoms with van der Waals surface area (Å²) in [6.07, 6.45) is 1.73. The summed E-state index contributed by atoms with van der Waals surface area (Å²) in [5.74, 6) is 1.23. The normalized spacial score (nSPS) is 11.5. The van der Waals surface area contributed by atoms with Crippen molar-refractivity contribution in [3.63, 3.8) is 0 Å². The summed E-state index contributed by atoms with van der Waals surface area (Å²) in [5, 5.41) is 11.7. The molecule has 0 fully saturated rings. The predicted octanol–water partition coefficient (Wildman–Crippen LogP) is 4.45. The first-order valence-electron chi connectivity index (χ1n) is 8.09. The van der Waals surface area contributed by atoms with E-state index in [2.05, 4.69) is 72.7 Å². The fourth-order valence-corrected chi connectivity index (χ4v) is 2.84. The van der Waals surface area contributed by atoms with E-state index >= 15 is 0 Å². The molecule has 0 aliphatic carbocycles. The van der Waals surface area contributed by atoms with E-state index in [1.54, 1.807) is 6.33 Å². The van der Waals surface area contributed by atoms with Crippen molar-refractivity contribution in [2.75, 3.05) is 5.32 Å². The molecular weight excluding hydrogens is 298 g/mol. The molecule has 0 spiro atoms. The minimum atomic E-state index is 0.518. The average molecular weight is 317 g/mol. The first-order valence-corrected chi connectivity index (χ1v) is 8.09. The van der Waals surface area contributed by atoms with Crippen LogP contribution in [0.4, 0.5) is 11.5 Å². The molecule has 0 saturated heterocycles. The van der Waals surface area contributed by atoms with Gasteiger partial charge in [-0.3, -0.25) is 4.40 Å². The standard InChI is InChI=1S/C19H19N5/c1-12(2)14-5-7-15(8-6-14)21-18-19-23-20-11-24(19)17-10-13(3)4-9-16(17)22-18/h4-12H,1-3H3,(H,21,22). The molecule has 0 aliphatic heterocycles. The fraction of sp³-hybridized carbons (Fsp3) is 0.211. The van der Waals surface area contributed by atoms with Gasteiger partial charge in [-0.15, -0.1) is 10.2 Å². The third kappa shape index (κ3) is 2.48. The molecule has 0 aliphatic rings. The second-order valence-corrected chi connectivity index (χ2v) is 6.38. The number of rotatable bonds is 3. The molecule has 5 heteroatoms. The third-order valence-electron chi connectivity index (χ3n) is 4.22. The van der Waals surface area contributed by atoms with Gasteiger partial charge in [-0.25, -0.2) is 4.98 Å². The summed E-state index contributed by atoms with van der Waals surface area (Å²) in [4.78, 5) is 4.74. The van der Waals surface area contributed by atoms with Crippen LogP contribution in [0.2, 0.25) is 0 Å². The van der Waals surface area contributed by atoms with Gasteiger partial charge < -0.3 is 5.32 Å². The maximum Gasteiger partial charge on any atom is 0.204 e. The van der Waals surface area contributed by atoms with Crippen molar-refractivity contribution in [1.29, 1.82) is 0 Å². The summed E-state index contributed by atoms with van der Waals surface area (Å²) >= 11 is 0. The lowest BCUT2D eigenvalue weighted by molar-refractivity contribution is 0.867. The second kappa shape index (κ2) is 5.60. The van der Waals surface area contributed by atoms with E-state index in [1.165, 1.54) is 11.1 Å². The Morgan fingerprint density at radius 2 is 1.83 bits per heavy atom. The minimum Gasteiger partial charge on any atom is -0.337 e. The molecule has 24 heavy (non-hydrogen) atoms. The first kappa shape index (κ1) is 14.6. The first-order chi connectivity index (χ1) is 11.6. The van der Waals surface area contributed by atoms with Gasteiger partial charge in [0.1, 0.15) is 6.33 Å². The zero-order chi connectivity index (χ0) is 16.7. The van der Waals surface area contributed by atoms with Crippen LogP contribution >= 0.6 is 0 Å². The Labute approximate surface area is 140 Å². The molecular formula is C19H19N5. The smallest absolute Gasteiger partial charge is 0.204 e. The number of benzene rings is 2. The molecule has 0 saturated carbocycles. The predicted molar refractivity (Wildman–Crippen MR) is 96.8 cm³/mol. The third-order valence-corrected chi connectivity index (χ3v) is 4.22. The molecule has 0 bridgehead atoms. The average Bonchev–Trinajstić information content (AvgIpc) is 3.06. The molecule has 2 aromatic heterocycles. The van der Waals surface area contributed by atoms with Gasteiger partial charge >= 0.3 is 0 Å². The number of aromatic nitrogens is 4. The van der Waals surface area contributed by atoms with Crippen LogP contribution in [0.15, 0.2) is 48.8 Å². The molecule has 4 rings (SSSR count). The Kier molecular flexibility index (Phi) is 3.41. The molecule has 2 heterocycles. The molecule has 0 radical (unpaired) electrons. The fourth-order valence-electron chi connectivity index (χ4n) is 2.84. The van der Waals surface area contributed by atoms with Crippen LogP contribution in [-0.4, -0.2) is 19.6 Å². The number of hydrogen-bond donors (Lipinski definition) is 1. The molecule has 1 N–H and O–H groups in total. The van der Waals surface area contributed by atoms with Gasteiger partial charge in [-0.1, -0.05) is 32.0 Å². The second-order valence-electron chi connectivity index (χ2n) is 6.38. The van der Waals surface area contributed by atoms with Gasteiger partial charge in [0.25, 0.3) is 0 Å². The van der Waals surface area contributed by atoms with Crippen molar-refractivity contribution in [1.82, 2.24) is 19.6 Å². The van der Waals surface area contributed by atoms with Crippen molar-refractivity contribution in [3.05, 3.63) is 59.9 Å². The number of anilines is 2. The van der Waals surface area contributed by atoms with Gasteiger partial charge in [0, 0.05) is 5.69 Å². The number of aryl methyl sites for hydroxylation is 1. The van der Waals surface area contributed by atoms with Crippen LogP contribution in [0.5, 0.6) is 0 Å². The Balaban J connectivity index is 1.80. The lowest BCUT2D eigenvalue weighted by atomic mass is 10.0. The van der Waals surface area contributed by atoms with E-state index in [4.69, 9.17) is 4.98 Å². The van der Waals surface area contributed by atoms with E-state index in [0.29, 0.717) is 11.7 Å². The van der Waals surface area contributed by atoms with Crippen molar-refractivity contribution >= 4 is 28.2 Å². The summed E-state index contributed by atoms with van der Waals surface area (Å²) in [7, 11) is 0. The number of nitrogens with one attached hydrogen (secondary N) is 1. The van der Waals surface area contributed by atoms with Crippen LogP contribution in [-0.2, 0) is 0 Å². The highest BCUT2D eigenvalue weighted by Crippen LogP contribution is 2.25.